The second kappa shape index (κ2) is 8.76. The van der Waals surface area contributed by atoms with Crippen molar-refractivity contribution in [2.45, 2.75) is 58.0 Å². The summed E-state index contributed by atoms with van der Waals surface area (Å²) in [6.07, 6.45) is 5.36. The maximum Gasteiger partial charge on any atom is 0.259 e. The van der Waals surface area contributed by atoms with Gasteiger partial charge in [0.1, 0.15) is 5.82 Å². The summed E-state index contributed by atoms with van der Waals surface area (Å²) in [5, 5.41) is 0.106. The van der Waals surface area contributed by atoms with Gasteiger partial charge >= 0.3 is 0 Å². The molecule has 0 aliphatic heterocycles. The van der Waals surface area contributed by atoms with Crippen LogP contribution in [0.5, 0.6) is 0 Å². The molecule has 0 radical (unpaired) electrons. The minimum absolute atomic E-state index is 0.106. The van der Waals surface area contributed by atoms with Crippen LogP contribution in [0.3, 0.4) is 0 Å². The quantitative estimate of drug-likeness (QED) is 0.669. The van der Waals surface area contributed by atoms with Gasteiger partial charge in [0.2, 0.25) is 0 Å². The fourth-order valence-electron chi connectivity index (χ4n) is 2.29. The van der Waals surface area contributed by atoms with Gasteiger partial charge in [-0.3, -0.25) is 0 Å². The number of aryl methyl sites for hydroxylation is 2. The molecule has 1 unspecified atom stereocenters. The minimum Gasteiger partial charge on any atom is -0.334 e. The molecule has 0 aliphatic carbocycles. The van der Waals surface area contributed by atoms with Crippen molar-refractivity contribution in [2.75, 3.05) is 12.4 Å². The third-order valence-corrected chi connectivity index (χ3v) is 4.98. The first-order chi connectivity index (χ1) is 9.94. The summed E-state index contributed by atoms with van der Waals surface area (Å²) in [6.45, 7) is 7.16. The third kappa shape index (κ3) is 5.60. The van der Waals surface area contributed by atoms with Crippen molar-refractivity contribution >= 4 is 21.6 Å². The molecule has 21 heavy (non-hydrogen) atoms. The minimum atomic E-state index is -3.54. The Morgan fingerprint density at radius 3 is 2.62 bits per heavy atom. The van der Waals surface area contributed by atoms with E-state index in [1.807, 2.05) is 18.4 Å². The number of aromatic nitrogens is 2. The van der Waals surface area contributed by atoms with Gasteiger partial charge < -0.3 is 4.57 Å². The average molecular weight is 336 g/mol. The first-order valence-electron chi connectivity index (χ1n) is 7.54. The Morgan fingerprint density at radius 2 is 2.05 bits per heavy atom. The summed E-state index contributed by atoms with van der Waals surface area (Å²) in [4.78, 5) is 4.16. The normalized spacial score (nSPS) is 13.5. The molecular formula is C14H26ClN3O2S. The lowest BCUT2D eigenvalue weighted by Gasteiger charge is -2.14. The molecule has 7 heteroatoms. The lowest BCUT2D eigenvalue weighted by atomic mass is 10.0. The maximum atomic E-state index is 12.3. The number of sulfonamides is 1. The smallest absolute Gasteiger partial charge is 0.259 e. The van der Waals surface area contributed by atoms with Crippen molar-refractivity contribution in [2.24, 2.45) is 5.92 Å². The van der Waals surface area contributed by atoms with Crippen LogP contribution in [0.25, 0.3) is 0 Å². The van der Waals surface area contributed by atoms with Crippen molar-refractivity contribution in [1.82, 2.24) is 14.3 Å². The van der Waals surface area contributed by atoms with E-state index in [4.69, 9.17) is 11.6 Å². The van der Waals surface area contributed by atoms with E-state index in [0.717, 1.165) is 38.1 Å². The Morgan fingerprint density at radius 1 is 1.33 bits per heavy atom. The average Bonchev–Trinajstić information content (AvgIpc) is 2.80. The molecule has 1 heterocycles. The number of alkyl halides is 1. The van der Waals surface area contributed by atoms with Crippen LogP contribution >= 0.6 is 11.6 Å². The van der Waals surface area contributed by atoms with E-state index in [0.29, 0.717) is 12.4 Å². The first-order valence-corrected chi connectivity index (χ1v) is 9.55. The van der Waals surface area contributed by atoms with E-state index in [9.17, 15) is 8.42 Å². The van der Waals surface area contributed by atoms with E-state index in [1.54, 1.807) is 6.20 Å². The Kier molecular flexibility index (Phi) is 7.70. The topological polar surface area (TPSA) is 64.0 Å². The SMILES string of the molecule is CCCC(CCCl)CNS(=O)(=O)c1cn(CCC)c(C)n1. The predicted molar refractivity (Wildman–Crippen MR) is 86.2 cm³/mol. The Labute approximate surface area is 133 Å². The molecule has 1 aromatic rings. The lowest BCUT2D eigenvalue weighted by Crippen LogP contribution is -2.30. The highest BCUT2D eigenvalue weighted by Crippen LogP contribution is 2.14. The molecule has 5 nitrogen and oxygen atoms in total. The van der Waals surface area contributed by atoms with E-state index in [-0.39, 0.29) is 10.9 Å². The second-order valence-electron chi connectivity index (χ2n) is 5.30. The number of hydrogen-bond donors (Lipinski definition) is 1. The van der Waals surface area contributed by atoms with Gasteiger partial charge in [-0.2, -0.15) is 0 Å². The Bertz CT molecular complexity index is 522. The van der Waals surface area contributed by atoms with Gasteiger partial charge in [0, 0.05) is 25.2 Å². The van der Waals surface area contributed by atoms with Crippen LogP contribution in [-0.2, 0) is 16.6 Å². The highest BCUT2D eigenvalue weighted by molar-refractivity contribution is 7.89. The number of hydrogen-bond acceptors (Lipinski definition) is 3. The molecule has 1 atom stereocenters. The summed E-state index contributed by atoms with van der Waals surface area (Å²) >= 11 is 5.76. The number of rotatable bonds is 10. The van der Waals surface area contributed by atoms with Crippen LogP contribution in [0.1, 0.15) is 45.4 Å². The molecule has 0 aromatic carbocycles. The fraction of sp³-hybridized carbons (Fsp3) is 0.786. The van der Waals surface area contributed by atoms with Gasteiger partial charge in [0.05, 0.1) is 0 Å². The van der Waals surface area contributed by atoms with E-state index in [2.05, 4.69) is 16.6 Å². The molecule has 1 rings (SSSR count). The van der Waals surface area contributed by atoms with Crippen LogP contribution in [0.2, 0.25) is 0 Å². The molecule has 0 bridgehead atoms. The second-order valence-corrected chi connectivity index (χ2v) is 7.40. The van der Waals surface area contributed by atoms with Gasteiger partial charge in [-0.05, 0) is 32.1 Å². The van der Waals surface area contributed by atoms with Crippen molar-refractivity contribution in [1.29, 1.82) is 0 Å². The highest BCUT2D eigenvalue weighted by Gasteiger charge is 2.20. The standard InChI is InChI=1S/C14H26ClN3O2S/c1-4-6-13(7-8-15)10-16-21(19,20)14-11-18(9-5-2)12(3)17-14/h11,13,16H,4-10H2,1-3H3. The summed E-state index contributed by atoms with van der Waals surface area (Å²) in [7, 11) is -3.54. The molecule has 0 saturated carbocycles. The van der Waals surface area contributed by atoms with Crippen LogP contribution < -0.4 is 4.72 Å². The molecule has 1 N–H and O–H groups in total. The van der Waals surface area contributed by atoms with Gasteiger partial charge in [-0.15, -0.1) is 11.6 Å². The van der Waals surface area contributed by atoms with Crippen LogP contribution in [0.15, 0.2) is 11.2 Å². The Hall–Kier alpha value is -0.590. The third-order valence-electron chi connectivity index (χ3n) is 3.47. The summed E-state index contributed by atoms with van der Waals surface area (Å²) in [5.74, 6) is 1.56. The number of halogens is 1. The van der Waals surface area contributed by atoms with Crippen LogP contribution in [0.4, 0.5) is 0 Å². The molecule has 0 aliphatic rings. The van der Waals surface area contributed by atoms with Crippen LogP contribution in [-0.4, -0.2) is 30.4 Å². The van der Waals surface area contributed by atoms with Crippen molar-refractivity contribution < 1.29 is 8.42 Å². The number of nitrogens with zero attached hydrogens (tertiary/aromatic N) is 2. The highest BCUT2D eigenvalue weighted by atomic mass is 35.5. The first kappa shape index (κ1) is 18.5. The van der Waals surface area contributed by atoms with Crippen molar-refractivity contribution in [3.63, 3.8) is 0 Å². The van der Waals surface area contributed by atoms with Gasteiger partial charge in [-0.25, -0.2) is 18.1 Å². The molecular weight excluding hydrogens is 310 g/mol. The predicted octanol–water partition coefficient (Wildman–Crippen LogP) is 2.93. The summed E-state index contributed by atoms with van der Waals surface area (Å²) in [6, 6.07) is 0. The zero-order valence-electron chi connectivity index (χ0n) is 13.1. The summed E-state index contributed by atoms with van der Waals surface area (Å²) in [5.41, 5.74) is 0. The van der Waals surface area contributed by atoms with Gasteiger partial charge in [-0.1, -0.05) is 20.3 Å². The largest absolute Gasteiger partial charge is 0.334 e. The Balaban J connectivity index is 2.74. The zero-order valence-corrected chi connectivity index (χ0v) is 14.7. The molecule has 122 valence electrons. The van der Waals surface area contributed by atoms with Gasteiger partial charge in [0.15, 0.2) is 5.03 Å². The molecule has 0 amide bonds. The monoisotopic (exact) mass is 335 g/mol. The van der Waals surface area contributed by atoms with Crippen LogP contribution in [0, 0.1) is 12.8 Å². The maximum absolute atomic E-state index is 12.3. The molecule has 0 fully saturated rings. The summed E-state index contributed by atoms with van der Waals surface area (Å²) < 4.78 is 29.1. The molecule has 0 spiro atoms. The van der Waals surface area contributed by atoms with Crippen molar-refractivity contribution in [3.8, 4) is 0 Å². The fourth-order valence-corrected chi connectivity index (χ4v) is 3.72. The van der Waals surface area contributed by atoms with Gasteiger partial charge in [0.25, 0.3) is 10.0 Å². The van der Waals surface area contributed by atoms with Crippen molar-refractivity contribution in [3.05, 3.63) is 12.0 Å². The molecule has 0 saturated heterocycles. The zero-order chi connectivity index (χ0) is 15.9. The lowest BCUT2D eigenvalue weighted by molar-refractivity contribution is 0.456. The molecule has 1 aromatic heterocycles. The van der Waals surface area contributed by atoms with E-state index < -0.39 is 10.0 Å². The van der Waals surface area contributed by atoms with E-state index in [1.165, 1.54) is 0 Å². The number of imidazole rings is 1. The number of nitrogens with one attached hydrogen (secondary N) is 1. The van der Waals surface area contributed by atoms with E-state index >= 15 is 0 Å².